The van der Waals surface area contributed by atoms with Crippen LogP contribution in [0.1, 0.15) is 33.1 Å². The number of ketones is 1. The van der Waals surface area contributed by atoms with Crippen molar-refractivity contribution in [3.8, 4) is 0 Å². The molecule has 1 spiro atoms. The number of hydrogen-bond donors (Lipinski definition) is 0. The molecule has 0 aromatic heterocycles. The van der Waals surface area contributed by atoms with Gasteiger partial charge >= 0.3 is 0 Å². The summed E-state index contributed by atoms with van der Waals surface area (Å²) in [5.41, 5.74) is 0.594. The van der Waals surface area contributed by atoms with Crippen molar-refractivity contribution in [1.82, 2.24) is 0 Å². The second kappa shape index (κ2) is 2.58. The Morgan fingerprint density at radius 1 is 1.50 bits per heavy atom. The highest BCUT2D eigenvalue weighted by Gasteiger charge is 2.73. The maximum absolute atomic E-state index is 12.1. The number of carbonyl (C=O) groups excluding carboxylic acids is 1. The van der Waals surface area contributed by atoms with E-state index in [9.17, 15) is 4.79 Å². The maximum Gasteiger partial charge on any atom is 0.140 e. The predicted octanol–water partition coefficient (Wildman–Crippen LogP) is 2.74. The number of rotatable bonds is 1. The summed E-state index contributed by atoms with van der Waals surface area (Å²) in [5, 5.41) is 0. The summed E-state index contributed by atoms with van der Waals surface area (Å²) in [4.78, 5) is 12.1. The fourth-order valence-corrected chi connectivity index (χ4v) is 5.37. The number of carbonyl (C=O) groups is 1. The van der Waals surface area contributed by atoms with Crippen molar-refractivity contribution in [2.24, 2.45) is 22.7 Å². The average molecular weight is 210 g/mol. The van der Waals surface area contributed by atoms with Gasteiger partial charge in [-0.25, -0.2) is 0 Å². The zero-order valence-electron chi connectivity index (χ0n) is 9.01. The lowest BCUT2D eigenvalue weighted by Crippen LogP contribution is -2.29. The lowest BCUT2D eigenvalue weighted by atomic mass is 9.81. The van der Waals surface area contributed by atoms with E-state index in [1.54, 1.807) is 0 Å². The van der Waals surface area contributed by atoms with Crippen LogP contribution in [0.5, 0.6) is 0 Å². The average Bonchev–Trinajstić information content (AvgIpc) is 2.60. The quantitative estimate of drug-likeness (QED) is 0.662. The fourth-order valence-electron chi connectivity index (χ4n) is 3.85. The highest BCUT2D eigenvalue weighted by atomic mass is 32.2. The minimum absolute atomic E-state index is 0.148. The van der Waals surface area contributed by atoms with E-state index >= 15 is 0 Å². The lowest BCUT2D eigenvalue weighted by Gasteiger charge is -2.21. The Labute approximate surface area is 90.0 Å². The van der Waals surface area contributed by atoms with Crippen LogP contribution in [-0.2, 0) is 4.79 Å². The molecule has 0 radical (unpaired) electrons. The molecular formula is C12H18OS. The summed E-state index contributed by atoms with van der Waals surface area (Å²) >= 11 is 1.99. The van der Waals surface area contributed by atoms with E-state index in [1.165, 1.54) is 18.6 Å². The van der Waals surface area contributed by atoms with E-state index in [-0.39, 0.29) is 5.41 Å². The topological polar surface area (TPSA) is 17.1 Å². The molecule has 1 saturated heterocycles. The van der Waals surface area contributed by atoms with E-state index in [0.717, 1.165) is 18.1 Å². The normalized spacial score (nSPS) is 50.5. The van der Waals surface area contributed by atoms with Gasteiger partial charge in [0, 0.05) is 17.6 Å². The molecule has 1 nitrogen and oxygen atoms in total. The van der Waals surface area contributed by atoms with Crippen molar-refractivity contribution >= 4 is 17.5 Å². The molecule has 2 aliphatic carbocycles. The van der Waals surface area contributed by atoms with Crippen molar-refractivity contribution in [3.05, 3.63) is 0 Å². The predicted molar refractivity (Wildman–Crippen MR) is 59.4 cm³/mol. The molecular weight excluding hydrogens is 192 g/mol. The van der Waals surface area contributed by atoms with Crippen LogP contribution in [0.15, 0.2) is 0 Å². The molecule has 2 saturated carbocycles. The van der Waals surface area contributed by atoms with E-state index in [0.29, 0.717) is 17.1 Å². The first-order valence-electron chi connectivity index (χ1n) is 5.73. The Balaban J connectivity index is 1.94. The molecule has 14 heavy (non-hydrogen) atoms. The minimum Gasteiger partial charge on any atom is -0.299 e. The van der Waals surface area contributed by atoms with Gasteiger partial charge in [-0.3, -0.25) is 4.79 Å². The highest BCUT2D eigenvalue weighted by molar-refractivity contribution is 7.99. The fraction of sp³-hybridized carbons (Fsp3) is 0.917. The van der Waals surface area contributed by atoms with E-state index < -0.39 is 0 Å². The molecule has 0 amide bonds. The molecule has 3 atom stereocenters. The van der Waals surface area contributed by atoms with Gasteiger partial charge in [0.2, 0.25) is 0 Å². The van der Waals surface area contributed by atoms with Gasteiger partial charge in [-0.2, -0.15) is 11.8 Å². The van der Waals surface area contributed by atoms with Gasteiger partial charge in [-0.1, -0.05) is 13.8 Å². The largest absolute Gasteiger partial charge is 0.299 e. The van der Waals surface area contributed by atoms with Gasteiger partial charge in [-0.15, -0.1) is 0 Å². The van der Waals surface area contributed by atoms with Gasteiger partial charge in [0.05, 0.1) is 0 Å². The van der Waals surface area contributed by atoms with E-state index in [1.807, 2.05) is 11.8 Å². The number of thioether (sulfide) groups is 1. The van der Waals surface area contributed by atoms with Crippen LogP contribution in [0.25, 0.3) is 0 Å². The number of Topliss-reactive ketones (excluding diaryl/α,β-unsaturated/α-hetero) is 1. The monoisotopic (exact) mass is 210 g/mol. The summed E-state index contributed by atoms with van der Waals surface area (Å²) in [6.45, 7) is 4.60. The van der Waals surface area contributed by atoms with Crippen LogP contribution < -0.4 is 0 Å². The summed E-state index contributed by atoms with van der Waals surface area (Å²) in [5.74, 6) is 4.42. The lowest BCUT2D eigenvalue weighted by molar-refractivity contribution is -0.126. The minimum atomic E-state index is 0.148. The van der Waals surface area contributed by atoms with E-state index in [4.69, 9.17) is 0 Å². The smallest absolute Gasteiger partial charge is 0.140 e. The molecule has 3 rings (SSSR count). The van der Waals surface area contributed by atoms with Gasteiger partial charge < -0.3 is 0 Å². The third-order valence-electron chi connectivity index (χ3n) is 5.03. The first-order chi connectivity index (χ1) is 6.62. The second-order valence-corrected chi connectivity index (χ2v) is 6.81. The molecule has 0 bridgehead atoms. The third kappa shape index (κ3) is 0.868. The molecule has 0 aromatic carbocycles. The Hall–Kier alpha value is 0.0200. The second-order valence-electron chi connectivity index (χ2n) is 5.70. The van der Waals surface area contributed by atoms with Crippen LogP contribution in [0, 0.1) is 22.7 Å². The summed E-state index contributed by atoms with van der Waals surface area (Å²) in [7, 11) is 0. The zero-order chi connectivity index (χ0) is 9.97. The molecule has 0 unspecified atom stereocenters. The van der Waals surface area contributed by atoms with Crippen molar-refractivity contribution in [2.45, 2.75) is 33.1 Å². The van der Waals surface area contributed by atoms with Gasteiger partial charge in [0.15, 0.2) is 0 Å². The van der Waals surface area contributed by atoms with Gasteiger partial charge in [0.1, 0.15) is 5.78 Å². The molecule has 2 heteroatoms. The third-order valence-corrected chi connectivity index (χ3v) is 6.24. The molecule has 3 aliphatic rings. The number of fused-ring (bicyclic) bond motifs is 2. The Morgan fingerprint density at radius 2 is 2.29 bits per heavy atom. The molecule has 1 aliphatic heterocycles. The van der Waals surface area contributed by atoms with Crippen LogP contribution >= 0.6 is 11.8 Å². The molecule has 1 heterocycles. The van der Waals surface area contributed by atoms with Crippen LogP contribution in [0.2, 0.25) is 0 Å². The summed E-state index contributed by atoms with van der Waals surface area (Å²) in [6, 6.07) is 0. The van der Waals surface area contributed by atoms with Gasteiger partial charge in [-0.05, 0) is 35.8 Å². The van der Waals surface area contributed by atoms with Crippen molar-refractivity contribution in [1.29, 1.82) is 0 Å². The molecule has 0 aromatic rings. The molecule has 78 valence electrons. The highest BCUT2D eigenvalue weighted by Crippen LogP contribution is 2.75. The molecule has 0 N–H and O–H groups in total. The first kappa shape index (κ1) is 9.26. The molecule has 3 fully saturated rings. The summed E-state index contributed by atoms with van der Waals surface area (Å²) < 4.78 is 0. The SMILES string of the molecule is CC(C)[C@@]12CC(=O)[C@]3(CCSC3)[C@@H]1C2. The Bertz CT molecular complexity index is 291. The maximum atomic E-state index is 12.1. The van der Waals surface area contributed by atoms with Crippen molar-refractivity contribution < 1.29 is 4.79 Å². The first-order valence-corrected chi connectivity index (χ1v) is 6.88. The van der Waals surface area contributed by atoms with Crippen LogP contribution in [0.3, 0.4) is 0 Å². The Kier molecular flexibility index (Phi) is 1.70. The standard InChI is InChI=1S/C12H18OS/c1-8(2)12-5-9(12)11(10(13)6-12)3-4-14-7-11/h8-9H,3-7H2,1-2H3/t9-,11-,12+/m0/s1. The Morgan fingerprint density at radius 3 is 2.79 bits per heavy atom. The van der Waals surface area contributed by atoms with Crippen LogP contribution in [0.4, 0.5) is 0 Å². The van der Waals surface area contributed by atoms with Crippen LogP contribution in [-0.4, -0.2) is 17.3 Å². The van der Waals surface area contributed by atoms with Crippen molar-refractivity contribution in [2.75, 3.05) is 11.5 Å². The van der Waals surface area contributed by atoms with E-state index in [2.05, 4.69) is 13.8 Å². The van der Waals surface area contributed by atoms with Crippen molar-refractivity contribution in [3.63, 3.8) is 0 Å². The van der Waals surface area contributed by atoms with Gasteiger partial charge in [0.25, 0.3) is 0 Å². The summed E-state index contributed by atoms with van der Waals surface area (Å²) in [6.07, 6.45) is 3.42. The zero-order valence-corrected chi connectivity index (χ0v) is 9.82. The number of hydrogen-bond acceptors (Lipinski definition) is 2.